The smallest absolute Gasteiger partial charge is 0.231 e. The third-order valence-corrected chi connectivity index (χ3v) is 4.57. The number of rotatable bonds is 2. The Kier molecular flexibility index (Phi) is 3.15. The molecule has 2 aromatic rings. The highest BCUT2D eigenvalue weighted by Crippen LogP contribution is 2.37. The molecular weight excluding hydrogens is 266 g/mol. The minimum atomic E-state index is 0.178. The lowest BCUT2D eigenvalue weighted by atomic mass is 9.92. The van der Waals surface area contributed by atoms with E-state index in [1.54, 1.807) is 0 Å². The maximum atomic E-state index is 5.70. The molecule has 3 unspecified atom stereocenters. The van der Waals surface area contributed by atoms with E-state index in [-0.39, 0.29) is 5.92 Å². The molecule has 21 heavy (non-hydrogen) atoms. The Morgan fingerprint density at radius 3 is 3.00 bits per heavy atom. The van der Waals surface area contributed by atoms with Gasteiger partial charge in [-0.25, -0.2) is 0 Å². The lowest BCUT2D eigenvalue weighted by molar-refractivity contribution is 0.271. The molecule has 1 N–H and O–H groups in total. The van der Waals surface area contributed by atoms with Gasteiger partial charge in [-0.15, -0.1) is 0 Å². The number of para-hydroxylation sites is 1. The molecule has 5 heteroatoms. The predicted molar refractivity (Wildman–Crippen MR) is 77.5 cm³/mol. The first-order valence-electron chi connectivity index (χ1n) is 7.61. The first kappa shape index (κ1) is 12.8. The molecule has 1 saturated heterocycles. The summed E-state index contributed by atoms with van der Waals surface area (Å²) in [6, 6.07) is 8.53. The Hall–Kier alpha value is -1.88. The SMILES string of the molecule is CC1NCCC1c1nc(C2CCOc3ccccc32)no1. The Bertz CT molecular complexity index is 640. The van der Waals surface area contributed by atoms with Crippen LogP contribution in [0.3, 0.4) is 0 Å². The quantitative estimate of drug-likeness (QED) is 0.918. The van der Waals surface area contributed by atoms with Gasteiger partial charge in [-0.3, -0.25) is 0 Å². The summed E-state index contributed by atoms with van der Waals surface area (Å²) in [5, 5.41) is 7.67. The lowest BCUT2D eigenvalue weighted by Crippen LogP contribution is -2.21. The van der Waals surface area contributed by atoms with Crippen LogP contribution >= 0.6 is 0 Å². The number of nitrogens with one attached hydrogen (secondary N) is 1. The van der Waals surface area contributed by atoms with Crippen LogP contribution in [0.1, 0.15) is 48.9 Å². The topological polar surface area (TPSA) is 60.2 Å². The van der Waals surface area contributed by atoms with Gasteiger partial charge in [-0.1, -0.05) is 23.4 Å². The van der Waals surface area contributed by atoms with E-state index in [0.717, 1.165) is 42.4 Å². The molecule has 3 heterocycles. The molecule has 0 radical (unpaired) electrons. The fourth-order valence-electron chi connectivity index (χ4n) is 3.35. The van der Waals surface area contributed by atoms with E-state index in [2.05, 4.69) is 23.5 Å². The normalized spacial score (nSPS) is 28.1. The Morgan fingerprint density at radius 2 is 2.14 bits per heavy atom. The predicted octanol–water partition coefficient (Wildman–Crippen LogP) is 2.45. The van der Waals surface area contributed by atoms with Crippen molar-refractivity contribution in [3.05, 3.63) is 41.5 Å². The average molecular weight is 285 g/mol. The third-order valence-electron chi connectivity index (χ3n) is 4.57. The third kappa shape index (κ3) is 2.21. The molecule has 0 aliphatic carbocycles. The van der Waals surface area contributed by atoms with Crippen molar-refractivity contribution < 1.29 is 9.26 Å². The van der Waals surface area contributed by atoms with Gasteiger partial charge in [0, 0.05) is 11.6 Å². The lowest BCUT2D eigenvalue weighted by Gasteiger charge is -2.23. The van der Waals surface area contributed by atoms with Crippen LogP contribution < -0.4 is 10.1 Å². The van der Waals surface area contributed by atoms with Crippen molar-refractivity contribution in [1.29, 1.82) is 0 Å². The summed E-state index contributed by atoms with van der Waals surface area (Å²) in [5.41, 5.74) is 1.16. The van der Waals surface area contributed by atoms with Crippen LogP contribution in [0.5, 0.6) is 5.75 Å². The number of fused-ring (bicyclic) bond motifs is 1. The second kappa shape index (κ2) is 5.15. The molecule has 110 valence electrons. The van der Waals surface area contributed by atoms with E-state index in [4.69, 9.17) is 14.2 Å². The van der Waals surface area contributed by atoms with Crippen molar-refractivity contribution in [2.24, 2.45) is 0 Å². The molecule has 1 fully saturated rings. The summed E-state index contributed by atoms with van der Waals surface area (Å²) >= 11 is 0. The van der Waals surface area contributed by atoms with E-state index in [9.17, 15) is 0 Å². The van der Waals surface area contributed by atoms with Crippen molar-refractivity contribution in [3.8, 4) is 5.75 Å². The van der Waals surface area contributed by atoms with Crippen LogP contribution in [0.4, 0.5) is 0 Å². The number of aromatic nitrogens is 2. The van der Waals surface area contributed by atoms with Crippen molar-refractivity contribution >= 4 is 0 Å². The molecule has 5 nitrogen and oxygen atoms in total. The number of hydrogen-bond acceptors (Lipinski definition) is 5. The summed E-state index contributed by atoms with van der Waals surface area (Å²) in [6.45, 7) is 3.89. The van der Waals surface area contributed by atoms with E-state index in [1.807, 2.05) is 18.2 Å². The monoisotopic (exact) mass is 285 g/mol. The molecule has 2 aliphatic rings. The van der Waals surface area contributed by atoms with Crippen LogP contribution in [-0.2, 0) is 0 Å². The van der Waals surface area contributed by atoms with Crippen LogP contribution in [0.25, 0.3) is 0 Å². The first-order chi connectivity index (χ1) is 10.3. The van der Waals surface area contributed by atoms with Crippen molar-refractivity contribution in [2.75, 3.05) is 13.2 Å². The Morgan fingerprint density at radius 1 is 1.24 bits per heavy atom. The first-order valence-corrected chi connectivity index (χ1v) is 7.61. The van der Waals surface area contributed by atoms with Gasteiger partial charge in [-0.2, -0.15) is 4.98 Å². The minimum absolute atomic E-state index is 0.178. The molecule has 1 aromatic carbocycles. The summed E-state index contributed by atoms with van der Waals surface area (Å²) < 4.78 is 11.2. The van der Waals surface area contributed by atoms with Crippen molar-refractivity contribution in [3.63, 3.8) is 0 Å². The van der Waals surface area contributed by atoms with Crippen molar-refractivity contribution in [1.82, 2.24) is 15.5 Å². The summed E-state index contributed by atoms with van der Waals surface area (Å²) in [4.78, 5) is 4.69. The van der Waals surface area contributed by atoms with Gasteiger partial charge in [0.15, 0.2) is 5.82 Å². The van der Waals surface area contributed by atoms with Crippen LogP contribution in [0, 0.1) is 0 Å². The Labute approximate surface area is 123 Å². The maximum absolute atomic E-state index is 5.70. The zero-order valence-electron chi connectivity index (χ0n) is 12.1. The molecule has 2 aliphatic heterocycles. The van der Waals surface area contributed by atoms with Crippen LogP contribution in [-0.4, -0.2) is 29.3 Å². The molecule has 1 aromatic heterocycles. The number of ether oxygens (including phenoxy) is 1. The zero-order chi connectivity index (χ0) is 14.2. The van der Waals surface area contributed by atoms with Gasteiger partial charge in [0.2, 0.25) is 5.89 Å². The van der Waals surface area contributed by atoms with E-state index >= 15 is 0 Å². The average Bonchev–Trinajstić information content (AvgIpc) is 3.15. The summed E-state index contributed by atoms with van der Waals surface area (Å²) in [5.74, 6) is 3.01. The second-order valence-electron chi connectivity index (χ2n) is 5.86. The van der Waals surface area contributed by atoms with Gasteiger partial charge in [0.05, 0.1) is 18.4 Å². The fourth-order valence-corrected chi connectivity index (χ4v) is 3.35. The molecule has 0 spiro atoms. The summed E-state index contributed by atoms with van der Waals surface area (Å²) in [7, 11) is 0. The number of nitrogens with zero attached hydrogens (tertiary/aromatic N) is 2. The molecule has 0 bridgehead atoms. The summed E-state index contributed by atoms with van der Waals surface area (Å²) in [6.07, 6.45) is 1.96. The highest BCUT2D eigenvalue weighted by molar-refractivity contribution is 5.40. The van der Waals surface area contributed by atoms with Gasteiger partial charge < -0.3 is 14.6 Å². The van der Waals surface area contributed by atoms with Gasteiger partial charge in [-0.05, 0) is 32.4 Å². The zero-order valence-corrected chi connectivity index (χ0v) is 12.1. The largest absolute Gasteiger partial charge is 0.493 e. The highest BCUT2D eigenvalue weighted by atomic mass is 16.5. The van der Waals surface area contributed by atoms with E-state index in [1.165, 1.54) is 0 Å². The van der Waals surface area contributed by atoms with Gasteiger partial charge in [0.25, 0.3) is 0 Å². The second-order valence-corrected chi connectivity index (χ2v) is 5.86. The van der Waals surface area contributed by atoms with Crippen molar-refractivity contribution in [2.45, 2.75) is 37.6 Å². The molecular formula is C16H19N3O2. The number of hydrogen-bond donors (Lipinski definition) is 1. The van der Waals surface area contributed by atoms with Crippen LogP contribution in [0.2, 0.25) is 0 Å². The molecule has 3 atom stereocenters. The number of benzene rings is 1. The van der Waals surface area contributed by atoms with Gasteiger partial charge >= 0.3 is 0 Å². The molecule has 0 saturated carbocycles. The maximum Gasteiger partial charge on any atom is 0.231 e. The van der Waals surface area contributed by atoms with Crippen LogP contribution in [0.15, 0.2) is 28.8 Å². The van der Waals surface area contributed by atoms with E-state index in [0.29, 0.717) is 18.6 Å². The molecule has 0 amide bonds. The standard InChI is InChI=1S/C16H19N3O2/c1-10-11(6-8-17-10)16-18-15(19-21-16)13-7-9-20-14-5-3-2-4-12(13)14/h2-5,10-11,13,17H,6-9H2,1H3. The Balaban J connectivity index is 1.65. The fraction of sp³-hybridized carbons (Fsp3) is 0.500. The van der Waals surface area contributed by atoms with Gasteiger partial charge in [0.1, 0.15) is 5.75 Å². The molecule has 4 rings (SSSR count). The minimum Gasteiger partial charge on any atom is -0.493 e. The highest BCUT2D eigenvalue weighted by Gasteiger charge is 2.32. The van der Waals surface area contributed by atoms with E-state index < -0.39 is 0 Å².